The van der Waals surface area contributed by atoms with E-state index in [0.29, 0.717) is 6.42 Å². The lowest BCUT2D eigenvalue weighted by molar-refractivity contribution is -0.127. The van der Waals surface area contributed by atoms with E-state index in [1.54, 1.807) is 12.1 Å². The van der Waals surface area contributed by atoms with E-state index in [0.717, 1.165) is 23.1 Å². The van der Waals surface area contributed by atoms with Gasteiger partial charge in [0.05, 0.1) is 6.42 Å². The van der Waals surface area contributed by atoms with Crippen molar-refractivity contribution in [3.8, 4) is 0 Å². The molecule has 1 aliphatic carbocycles. The minimum Gasteiger partial charge on any atom is -0.295 e. The van der Waals surface area contributed by atoms with Gasteiger partial charge in [-0.05, 0) is 36.1 Å². The summed E-state index contributed by atoms with van der Waals surface area (Å²) in [6, 6.07) is 6.53. The predicted octanol–water partition coefficient (Wildman–Crippen LogP) is 5.30. The van der Waals surface area contributed by atoms with Crippen LogP contribution >= 0.6 is 0 Å². The fraction of sp³-hybridized carbons (Fsp3) is 0.316. The van der Waals surface area contributed by atoms with Gasteiger partial charge in [0.1, 0.15) is 0 Å². The number of benzene rings is 1. The molecule has 0 spiro atoms. The summed E-state index contributed by atoms with van der Waals surface area (Å²) in [5.74, 6) is 0.0522. The van der Waals surface area contributed by atoms with Gasteiger partial charge in [-0.3, -0.25) is 4.79 Å². The minimum atomic E-state index is -4.19. The van der Waals surface area contributed by atoms with Crippen LogP contribution in [0.15, 0.2) is 60.2 Å². The van der Waals surface area contributed by atoms with E-state index < -0.39 is 12.6 Å². The highest BCUT2D eigenvalue weighted by Gasteiger charge is 2.27. The highest BCUT2D eigenvalue weighted by Crippen LogP contribution is 2.32. The Morgan fingerprint density at radius 2 is 1.96 bits per heavy atom. The summed E-state index contributed by atoms with van der Waals surface area (Å²) >= 11 is 0. The number of hydrogen-bond donors (Lipinski definition) is 0. The lowest BCUT2D eigenvalue weighted by atomic mass is 9.84. The van der Waals surface area contributed by atoms with Gasteiger partial charge in [0, 0.05) is 12.3 Å². The topological polar surface area (TPSA) is 17.1 Å². The summed E-state index contributed by atoms with van der Waals surface area (Å²) in [5.41, 5.74) is 3.26. The summed E-state index contributed by atoms with van der Waals surface area (Å²) in [7, 11) is 0. The fourth-order valence-electron chi connectivity index (χ4n) is 2.68. The maximum absolute atomic E-state index is 12.4. The van der Waals surface area contributed by atoms with E-state index in [4.69, 9.17) is 0 Å². The molecule has 0 radical (unpaired) electrons. The van der Waals surface area contributed by atoms with Crippen molar-refractivity contribution in [2.75, 3.05) is 0 Å². The normalized spacial score (nSPS) is 18.2. The summed E-state index contributed by atoms with van der Waals surface area (Å²) in [5, 5.41) is 0. The molecular weight excluding hydrogens is 301 g/mol. The van der Waals surface area contributed by atoms with E-state index in [1.165, 1.54) is 18.2 Å². The molecular formula is C19H19F3O. The van der Waals surface area contributed by atoms with Gasteiger partial charge < -0.3 is 0 Å². The number of carbonyl (C=O) groups excluding carboxylic acids is 1. The second-order valence-corrected chi connectivity index (χ2v) is 5.80. The Hall–Kier alpha value is -2.10. The molecule has 23 heavy (non-hydrogen) atoms. The molecule has 1 aromatic carbocycles. The first-order valence-corrected chi connectivity index (χ1v) is 7.47. The van der Waals surface area contributed by atoms with Crippen molar-refractivity contribution in [1.82, 2.24) is 0 Å². The Labute approximate surface area is 134 Å². The first-order valence-electron chi connectivity index (χ1n) is 7.47. The zero-order valence-corrected chi connectivity index (χ0v) is 13.0. The fourth-order valence-corrected chi connectivity index (χ4v) is 2.68. The van der Waals surface area contributed by atoms with Gasteiger partial charge in [-0.25, -0.2) is 0 Å². The van der Waals surface area contributed by atoms with E-state index in [2.05, 4.69) is 12.7 Å². The standard InChI is InChI=1S/C19H19F3O/c1-3-18(23)11-17-10-16(7-4-13(17)2)15-8-5-14(6-9-15)12-19(20,21)22/h3-6,8-10,16H,1,7,11-12H2,2H3. The van der Waals surface area contributed by atoms with E-state index in [-0.39, 0.29) is 17.3 Å². The lowest BCUT2D eigenvalue weighted by Gasteiger charge is -2.20. The number of ketones is 1. The molecule has 1 atom stereocenters. The molecule has 0 saturated carbocycles. The molecule has 0 bridgehead atoms. The molecule has 0 aromatic heterocycles. The van der Waals surface area contributed by atoms with Gasteiger partial charge in [0.15, 0.2) is 5.78 Å². The van der Waals surface area contributed by atoms with E-state index in [9.17, 15) is 18.0 Å². The molecule has 0 heterocycles. The smallest absolute Gasteiger partial charge is 0.295 e. The second-order valence-electron chi connectivity index (χ2n) is 5.80. The molecule has 1 nitrogen and oxygen atoms in total. The maximum Gasteiger partial charge on any atom is 0.393 e. The van der Waals surface area contributed by atoms with Crippen molar-refractivity contribution < 1.29 is 18.0 Å². The average Bonchev–Trinajstić information content (AvgIpc) is 2.48. The molecule has 1 aromatic rings. The Bertz CT molecular complexity index is 648. The van der Waals surface area contributed by atoms with Crippen molar-refractivity contribution in [3.05, 3.63) is 71.3 Å². The molecule has 1 aliphatic rings. The van der Waals surface area contributed by atoms with Crippen molar-refractivity contribution in [1.29, 1.82) is 0 Å². The van der Waals surface area contributed by atoms with E-state index in [1.807, 2.05) is 13.0 Å². The first-order chi connectivity index (χ1) is 10.8. The third-order valence-electron chi connectivity index (χ3n) is 3.99. The Kier molecular flexibility index (Phi) is 5.24. The van der Waals surface area contributed by atoms with Gasteiger partial charge in [0.2, 0.25) is 0 Å². The molecule has 0 N–H and O–H groups in total. The highest BCUT2D eigenvalue weighted by atomic mass is 19.4. The van der Waals surface area contributed by atoms with Gasteiger partial charge in [0.25, 0.3) is 0 Å². The van der Waals surface area contributed by atoms with Crippen LogP contribution in [-0.2, 0) is 11.2 Å². The number of carbonyl (C=O) groups is 1. The number of rotatable bonds is 5. The highest BCUT2D eigenvalue weighted by molar-refractivity contribution is 5.91. The number of hydrogen-bond acceptors (Lipinski definition) is 1. The van der Waals surface area contributed by atoms with Crippen LogP contribution in [-0.4, -0.2) is 12.0 Å². The van der Waals surface area contributed by atoms with Crippen molar-refractivity contribution in [2.45, 2.75) is 38.3 Å². The van der Waals surface area contributed by atoms with Crippen molar-refractivity contribution >= 4 is 5.78 Å². The molecule has 1 unspecified atom stereocenters. The third kappa shape index (κ3) is 4.95. The van der Waals surface area contributed by atoms with Gasteiger partial charge >= 0.3 is 6.18 Å². The zero-order chi connectivity index (χ0) is 17.0. The predicted molar refractivity (Wildman–Crippen MR) is 85.2 cm³/mol. The van der Waals surface area contributed by atoms with Gasteiger partial charge in [-0.1, -0.05) is 48.6 Å². The maximum atomic E-state index is 12.4. The van der Waals surface area contributed by atoms with Crippen molar-refractivity contribution in [2.24, 2.45) is 0 Å². The first kappa shape index (κ1) is 17.3. The van der Waals surface area contributed by atoms with Crippen LogP contribution in [0.4, 0.5) is 13.2 Å². The number of halogens is 3. The van der Waals surface area contributed by atoms with Crippen LogP contribution in [0, 0.1) is 0 Å². The van der Waals surface area contributed by atoms with Crippen molar-refractivity contribution in [3.63, 3.8) is 0 Å². The third-order valence-corrected chi connectivity index (χ3v) is 3.99. The van der Waals surface area contributed by atoms with Gasteiger partial charge in [-0.2, -0.15) is 13.2 Å². The van der Waals surface area contributed by atoms with Crippen LogP contribution in [0.2, 0.25) is 0 Å². The molecule has 0 amide bonds. The summed E-state index contributed by atoms with van der Waals surface area (Å²) < 4.78 is 37.2. The van der Waals surface area contributed by atoms with Crippen LogP contribution in [0.3, 0.4) is 0 Å². The second kappa shape index (κ2) is 6.99. The molecule has 0 aliphatic heterocycles. The zero-order valence-electron chi connectivity index (χ0n) is 13.0. The Morgan fingerprint density at radius 1 is 1.30 bits per heavy atom. The van der Waals surface area contributed by atoms with Crippen LogP contribution in [0.1, 0.15) is 36.8 Å². The van der Waals surface area contributed by atoms with E-state index >= 15 is 0 Å². The quantitative estimate of drug-likeness (QED) is 0.673. The molecule has 122 valence electrons. The summed E-state index contributed by atoms with van der Waals surface area (Å²) in [6.07, 6.45) is 1.42. The monoisotopic (exact) mass is 320 g/mol. The van der Waals surface area contributed by atoms with Crippen LogP contribution in [0.25, 0.3) is 0 Å². The van der Waals surface area contributed by atoms with Crippen LogP contribution < -0.4 is 0 Å². The molecule has 2 rings (SSSR count). The average molecular weight is 320 g/mol. The summed E-state index contributed by atoms with van der Waals surface area (Å²) in [4.78, 5) is 11.6. The lowest BCUT2D eigenvalue weighted by Crippen LogP contribution is -2.11. The Balaban J connectivity index is 2.15. The summed E-state index contributed by atoms with van der Waals surface area (Å²) in [6.45, 7) is 5.44. The largest absolute Gasteiger partial charge is 0.393 e. The SMILES string of the molecule is C=CC(=O)CC1=CC(c2ccc(CC(F)(F)F)cc2)CC=C1C. The molecule has 0 saturated heterocycles. The molecule has 0 fully saturated rings. The number of alkyl halides is 3. The van der Waals surface area contributed by atoms with Gasteiger partial charge in [-0.15, -0.1) is 0 Å². The number of allylic oxidation sites excluding steroid dienone is 5. The minimum absolute atomic E-state index is 0.0369. The Morgan fingerprint density at radius 3 is 2.52 bits per heavy atom. The molecule has 4 heteroatoms. The van der Waals surface area contributed by atoms with Crippen LogP contribution in [0.5, 0.6) is 0 Å².